The zero-order valence-corrected chi connectivity index (χ0v) is 15.4. The molecule has 2 aliphatic carbocycles. The summed E-state index contributed by atoms with van der Waals surface area (Å²) in [5.41, 5.74) is 1.21. The minimum absolute atomic E-state index is 0.0259. The summed E-state index contributed by atoms with van der Waals surface area (Å²) >= 11 is 0. The first-order chi connectivity index (χ1) is 12.1. The van der Waals surface area contributed by atoms with Crippen LogP contribution < -0.4 is 0 Å². The van der Waals surface area contributed by atoms with Crippen molar-refractivity contribution in [2.75, 3.05) is 26.8 Å². The Labute approximate surface area is 151 Å². The van der Waals surface area contributed by atoms with E-state index in [0.717, 1.165) is 51.4 Å². The lowest BCUT2D eigenvalue weighted by Gasteiger charge is -2.49. The minimum Gasteiger partial charge on any atom is -0.508 e. The maximum absolute atomic E-state index is 10.1. The van der Waals surface area contributed by atoms with Gasteiger partial charge in [-0.15, -0.1) is 0 Å². The Morgan fingerprint density at radius 3 is 2.40 bits per heavy atom. The molecular weight excluding hydrogens is 314 g/mol. The number of benzene rings is 1. The van der Waals surface area contributed by atoms with Gasteiger partial charge in [-0.05, 0) is 56.3 Å². The van der Waals surface area contributed by atoms with E-state index in [1.54, 1.807) is 6.07 Å². The maximum atomic E-state index is 10.1. The lowest BCUT2D eigenvalue weighted by Crippen LogP contribution is -2.51. The van der Waals surface area contributed by atoms with E-state index < -0.39 is 0 Å². The second-order valence-corrected chi connectivity index (χ2v) is 8.22. The van der Waals surface area contributed by atoms with E-state index in [9.17, 15) is 5.11 Å². The SMILES string of the molecule is CN(CC1CCCC1)C1(c2cccc(O)c2)CCC2(CC1)OCCO2. The Morgan fingerprint density at radius 1 is 1.08 bits per heavy atom. The van der Waals surface area contributed by atoms with Gasteiger partial charge < -0.3 is 14.6 Å². The molecule has 0 amide bonds. The molecule has 0 aromatic heterocycles. The van der Waals surface area contributed by atoms with Crippen LogP contribution in [-0.4, -0.2) is 42.6 Å². The third-order valence-corrected chi connectivity index (χ3v) is 6.77. The van der Waals surface area contributed by atoms with Crippen LogP contribution in [0, 0.1) is 5.92 Å². The molecule has 138 valence electrons. The Hall–Kier alpha value is -1.10. The van der Waals surface area contributed by atoms with Crippen molar-refractivity contribution in [2.24, 2.45) is 5.92 Å². The van der Waals surface area contributed by atoms with E-state index in [-0.39, 0.29) is 11.3 Å². The zero-order valence-electron chi connectivity index (χ0n) is 15.4. The highest BCUT2D eigenvalue weighted by molar-refractivity contribution is 5.33. The molecule has 1 saturated heterocycles. The fraction of sp³-hybridized carbons (Fsp3) is 0.714. The van der Waals surface area contributed by atoms with Crippen LogP contribution in [-0.2, 0) is 15.0 Å². The van der Waals surface area contributed by atoms with Crippen molar-refractivity contribution >= 4 is 0 Å². The number of hydrogen-bond acceptors (Lipinski definition) is 4. The van der Waals surface area contributed by atoms with E-state index in [1.807, 2.05) is 12.1 Å². The highest BCUT2D eigenvalue weighted by atomic mass is 16.7. The summed E-state index contributed by atoms with van der Waals surface area (Å²) in [6.45, 7) is 2.58. The number of ether oxygens (including phenoxy) is 2. The summed E-state index contributed by atoms with van der Waals surface area (Å²) in [5, 5.41) is 10.1. The second-order valence-electron chi connectivity index (χ2n) is 8.22. The number of phenolic OH excluding ortho intramolecular Hbond substituents is 1. The molecule has 1 aromatic carbocycles. The number of nitrogens with zero attached hydrogens (tertiary/aromatic N) is 1. The first-order valence-electron chi connectivity index (χ1n) is 9.91. The van der Waals surface area contributed by atoms with Crippen LogP contribution in [0.3, 0.4) is 0 Å². The van der Waals surface area contributed by atoms with Gasteiger partial charge >= 0.3 is 0 Å². The highest BCUT2D eigenvalue weighted by Crippen LogP contribution is 2.48. The number of rotatable bonds is 4. The van der Waals surface area contributed by atoms with Gasteiger partial charge in [-0.1, -0.05) is 25.0 Å². The predicted molar refractivity (Wildman–Crippen MR) is 97.5 cm³/mol. The zero-order chi connectivity index (χ0) is 17.3. The van der Waals surface area contributed by atoms with Crippen molar-refractivity contribution in [2.45, 2.75) is 62.7 Å². The molecule has 1 aromatic rings. The second kappa shape index (κ2) is 6.90. The molecule has 25 heavy (non-hydrogen) atoms. The van der Waals surface area contributed by atoms with Crippen molar-refractivity contribution in [3.05, 3.63) is 29.8 Å². The van der Waals surface area contributed by atoms with Gasteiger partial charge in [0, 0.05) is 24.9 Å². The summed E-state index contributed by atoms with van der Waals surface area (Å²) < 4.78 is 11.9. The standard InChI is InChI=1S/C21H31NO3/c1-22(16-17-5-2-3-6-17)20(18-7-4-8-19(23)15-18)9-11-21(12-10-20)24-13-14-25-21/h4,7-8,15,17,23H,2-3,5-6,9-14,16H2,1H3. The number of aromatic hydroxyl groups is 1. The average molecular weight is 345 g/mol. The van der Waals surface area contributed by atoms with E-state index in [2.05, 4.69) is 18.0 Å². The van der Waals surface area contributed by atoms with Gasteiger partial charge in [0.25, 0.3) is 0 Å². The molecular formula is C21H31NO3. The largest absolute Gasteiger partial charge is 0.508 e. The molecule has 0 unspecified atom stereocenters. The molecule has 4 rings (SSSR count). The fourth-order valence-corrected chi connectivity index (χ4v) is 5.27. The van der Waals surface area contributed by atoms with Gasteiger partial charge in [-0.3, -0.25) is 4.90 Å². The molecule has 0 radical (unpaired) electrons. The Balaban J connectivity index is 1.59. The molecule has 1 heterocycles. The molecule has 0 atom stereocenters. The van der Waals surface area contributed by atoms with Gasteiger partial charge in [0.15, 0.2) is 5.79 Å². The van der Waals surface area contributed by atoms with Gasteiger partial charge in [-0.2, -0.15) is 0 Å². The van der Waals surface area contributed by atoms with Gasteiger partial charge in [0.05, 0.1) is 13.2 Å². The van der Waals surface area contributed by atoms with Crippen LogP contribution in [0.2, 0.25) is 0 Å². The summed E-state index contributed by atoms with van der Waals surface area (Å²) in [6.07, 6.45) is 9.35. The quantitative estimate of drug-likeness (QED) is 0.895. The molecule has 2 saturated carbocycles. The smallest absolute Gasteiger partial charge is 0.168 e. The van der Waals surface area contributed by atoms with Crippen LogP contribution in [0.5, 0.6) is 5.75 Å². The first kappa shape index (κ1) is 17.3. The van der Waals surface area contributed by atoms with Crippen molar-refractivity contribution < 1.29 is 14.6 Å². The van der Waals surface area contributed by atoms with Gasteiger partial charge in [-0.25, -0.2) is 0 Å². The van der Waals surface area contributed by atoms with Crippen LogP contribution in [0.1, 0.15) is 56.9 Å². The van der Waals surface area contributed by atoms with Crippen LogP contribution in [0.4, 0.5) is 0 Å². The lowest BCUT2D eigenvalue weighted by molar-refractivity contribution is -0.195. The van der Waals surface area contributed by atoms with Crippen molar-refractivity contribution in [3.8, 4) is 5.75 Å². The topological polar surface area (TPSA) is 41.9 Å². The molecule has 3 aliphatic rings. The first-order valence-corrected chi connectivity index (χ1v) is 9.91. The van der Waals surface area contributed by atoms with E-state index in [1.165, 1.54) is 31.2 Å². The molecule has 4 heteroatoms. The molecule has 3 fully saturated rings. The Bertz CT molecular complexity index is 581. The number of hydrogen-bond donors (Lipinski definition) is 1. The fourth-order valence-electron chi connectivity index (χ4n) is 5.27. The number of phenols is 1. The summed E-state index contributed by atoms with van der Waals surface area (Å²) in [5.74, 6) is 0.822. The minimum atomic E-state index is -0.353. The van der Waals surface area contributed by atoms with Crippen molar-refractivity contribution in [3.63, 3.8) is 0 Å². The lowest BCUT2D eigenvalue weighted by atomic mass is 9.73. The third kappa shape index (κ3) is 3.32. The van der Waals surface area contributed by atoms with Crippen molar-refractivity contribution in [1.82, 2.24) is 4.90 Å². The third-order valence-electron chi connectivity index (χ3n) is 6.77. The normalized spacial score (nSPS) is 25.8. The van der Waals surface area contributed by atoms with Crippen molar-refractivity contribution in [1.29, 1.82) is 0 Å². The molecule has 0 bridgehead atoms. The van der Waals surface area contributed by atoms with E-state index in [4.69, 9.17) is 9.47 Å². The molecule has 4 nitrogen and oxygen atoms in total. The van der Waals surface area contributed by atoms with E-state index in [0.29, 0.717) is 5.75 Å². The Morgan fingerprint density at radius 2 is 1.76 bits per heavy atom. The molecule has 1 N–H and O–H groups in total. The van der Waals surface area contributed by atoms with Gasteiger partial charge in [0.2, 0.25) is 0 Å². The summed E-state index contributed by atoms with van der Waals surface area (Å²) in [7, 11) is 2.27. The summed E-state index contributed by atoms with van der Waals surface area (Å²) in [4.78, 5) is 2.57. The molecule has 1 aliphatic heterocycles. The molecule has 1 spiro atoms. The predicted octanol–water partition coefficient (Wildman–Crippen LogP) is 4.03. The monoisotopic (exact) mass is 345 g/mol. The van der Waals surface area contributed by atoms with Crippen LogP contribution >= 0.6 is 0 Å². The maximum Gasteiger partial charge on any atom is 0.168 e. The van der Waals surface area contributed by atoms with E-state index >= 15 is 0 Å². The average Bonchev–Trinajstić information content (AvgIpc) is 3.28. The van der Waals surface area contributed by atoms with Crippen LogP contribution in [0.25, 0.3) is 0 Å². The van der Waals surface area contributed by atoms with Crippen LogP contribution in [0.15, 0.2) is 24.3 Å². The highest BCUT2D eigenvalue weighted by Gasteiger charge is 2.49. The Kier molecular flexibility index (Phi) is 4.78. The van der Waals surface area contributed by atoms with Gasteiger partial charge in [0.1, 0.15) is 5.75 Å². The summed E-state index contributed by atoms with van der Waals surface area (Å²) in [6, 6.07) is 7.88.